The highest BCUT2D eigenvalue weighted by molar-refractivity contribution is 14.0. The van der Waals surface area contributed by atoms with Crippen molar-refractivity contribution >= 4 is 29.9 Å². The Labute approximate surface area is 177 Å². The second kappa shape index (κ2) is 11.7. The first-order valence-corrected chi connectivity index (χ1v) is 10.7. The van der Waals surface area contributed by atoms with Crippen LogP contribution in [0.4, 0.5) is 0 Å². The summed E-state index contributed by atoms with van der Waals surface area (Å²) in [5.41, 5.74) is 0. The smallest absolute Gasteiger partial charge is 0.191 e. The predicted molar refractivity (Wildman–Crippen MR) is 122 cm³/mol. The van der Waals surface area contributed by atoms with E-state index in [4.69, 9.17) is 0 Å². The molecule has 26 heavy (non-hydrogen) atoms. The second-order valence-electron chi connectivity index (χ2n) is 8.23. The van der Waals surface area contributed by atoms with Crippen LogP contribution in [0, 0.1) is 5.92 Å². The van der Waals surface area contributed by atoms with Crippen LogP contribution in [0.15, 0.2) is 4.99 Å². The van der Waals surface area contributed by atoms with Crippen LogP contribution < -0.4 is 10.6 Å². The lowest BCUT2D eigenvalue weighted by Gasteiger charge is -2.31. The summed E-state index contributed by atoms with van der Waals surface area (Å²) in [5, 5.41) is 7.22. The summed E-state index contributed by atoms with van der Waals surface area (Å²) in [7, 11) is 1.90. The number of nitrogens with one attached hydrogen (secondary N) is 2. The van der Waals surface area contributed by atoms with Crippen molar-refractivity contribution in [2.45, 2.75) is 70.4 Å². The maximum atomic E-state index is 4.45. The molecule has 0 aromatic rings. The Morgan fingerprint density at radius 2 is 1.77 bits per heavy atom. The number of aliphatic imine (C=N–C) groups is 1. The van der Waals surface area contributed by atoms with Gasteiger partial charge in [0, 0.05) is 38.8 Å². The summed E-state index contributed by atoms with van der Waals surface area (Å²) >= 11 is 0. The van der Waals surface area contributed by atoms with Gasteiger partial charge in [-0.15, -0.1) is 24.0 Å². The Kier molecular flexibility index (Phi) is 9.99. The molecule has 3 aliphatic rings. The maximum Gasteiger partial charge on any atom is 0.191 e. The molecule has 0 radical (unpaired) electrons. The van der Waals surface area contributed by atoms with Gasteiger partial charge < -0.3 is 15.5 Å². The third kappa shape index (κ3) is 6.51. The van der Waals surface area contributed by atoms with Crippen molar-refractivity contribution in [3.8, 4) is 0 Å². The molecule has 0 spiro atoms. The van der Waals surface area contributed by atoms with Crippen molar-refractivity contribution in [3.63, 3.8) is 0 Å². The van der Waals surface area contributed by atoms with E-state index >= 15 is 0 Å². The fourth-order valence-electron chi connectivity index (χ4n) is 4.88. The molecule has 5 nitrogen and oxygen atoms in total. The van der Waals surface area contributed by atoms with Crippen LogP contribution in [0.25, 0.3) is 0 Å². The number of likely N-dealkylation sites (tertiary alicyclic amines) is 2. The highest BCUT2D eigenvalue weighted by atomic mass is 127. The minimum Gasteiger partial charge on any atom is -0.356 e. The Morgan fingerprint density at radius 1 is 1.04 bits per heavy atom. The van der Waals surface area contributed by atoms with E-state index in [-0.39, 0.29) is 24.0 Å². The molecule has 1 aliphatic carbocycles. The number of piperidine rings is 1. The van der Waals surface area contributed by atoms with E-state index in [1.54, 1.807) is 0 Å². The maximum absolute atomic E-state index is 4.45. The van der Waals surface area contributed by atoms with E-state index in [0.717, 1.165) is 24.5 Å². The van der Waals surface area contributed by atoms with Gasteiger partial charge in [-0.1, -0.05) is 19.8 Å². The van der Waals surface area contributed by atoms with Gasteiger partial charge in [0.15, 0.2) is 5.96 Å². The average Bonchev–Trinajstić information content (AvgIpc) is 3.33. The summed E-state index contributed by atoms with van der Waals surface area (Å²) in [6.45, 7) is 9.56. The van der Waals surface area contributed by atoms with Gasteiger partial charge in [0.25, 0.3) is 0 Å². The predicted octanol–water partition coefficient (Wildman–Crippen LogP) is 2.91. The molecular weight excluding hydrogens is 437 g/mol. The third-order valence-corrected chi connectivity index (χ3v) is 6.62. The van der Waals surface area contributed by atoms with Crippen LogP contribution >= 0.6 is 24.0 Å². The summed E-state index contributed by atoms with van der Waals surface area (Å²) < 4.78 is 0. The number of nitrogens with zero attached hydrogens (tertiary/aromatic N) is 3. The molecule has 2 heterocycles. The zero-order chi connectivity index (χ0) is 17.5. The molecule has 2 aliphatic heterocycles. The fraction of sp³-hybridized carbons (Fsp3) is 0.950. The van der Waals surface area contributed by atoms with Crippen molar-refractivity contribution in [1.82, 2.24) is 20.4 Å². The first kappa shape index (κ1) is 22.2. The Bertz CT molecular complexity index is 416. The molecule has 2 saturated heterocycles. The normalized spacial score (nSPS) is 26.8. The molecule has 3 fully saturated rings. The van der Waals surface area contributed by atoms with Crippen LogP contribution in [0.1, 0.15) is 58.3 Å². The van der Waals surface area contributed by atoms with Gasteiger partial charge in [0.1, 0.15) is 0 Å². The SMILES string of the molecule is CCN1CCC(CCNC(=NC)NC2CCN(C3CCCC3)C2)CC1.I. The van der Waals surface area contributed by atoms with E-state index < -0.39 is 0 Å². The van der Waals surface area contributed by atoms with Crippen molar-refractivity contribution in [1.29, 1.82) is 0 Å². The van der Waals surface area contributed by atoms with E-state index in [1.807, 2.05) is 7.05 Å². The number of halogens is 1. The topological polar surface area (TPSA) is 42.9 Å². The Morgan fingerprint density at radius 3 is 2.42 bits per heavy atom. The van der Waals surface area contributed by atoms with E-state index in [9.17, 15) is 0 Å². The number of rotatable bonds is 6. The monoisotopic (exact) mass is 477 g/mol. The highest BCUT2D eigenvalue weighted by Crippen LogP contribution is 2.26. The molecule has 0 aromatic heterocycles. The van der Waals surface area contributed by atoms with Gasteiger partial charge in [-0.2, -0.15) is 0 Å². The summed E-state index contributed by atoms with van der Waals surface area (Å²) in [4.78, 5) is 9.73. The van der Waals surface area contributed by atoms with Crippen molar-refractivity contribution in [2.24, 2.45) is 10.9 Å². The fourth-order valence-corrected chi connectivity index (χ4v) is 4.88. The lowest BCUT2D eigenvalue weighted by atomic mass is 9.93. The number of hydrogen-bond donors (Lipinski definition) is 2. The summed E-state index contributed by atoms with van der Waals surface area (Å²) in [5.74, 6) is 1.89. The molecule has 6 heteroatoms. The molecule has 3 rings (SSSR count). The lowest BCUT2D eigenvalue weighted by Crippen LogP contribution is -2.45. The van der Waals surface area contributed by atoms with E-state index in [2.05, 4.69) is 32.3 Å². The minimum atomic E-state index is 0. The van der Waals surface area contributed by atoms with Crippen molar-refractivity contribution in [3.05, 3.63) is 0 Å². The molecule has 1 atom stereocenters. The summed E-state index contributed by atoms with van der Waals surface area (Å²) in [6, 6.07) is 1.43. The molecule has 1 unspecified atom stereocenters. The quantitative estimate of drug-likeness (QED) is 0.351. The second-order valence-corrected chi connectivity index (χ2v) is 8.23. The molecule has 1 saturated carbocycles. The van der Waals surface area contributed by atoms with Crippen LogP contribution in [-0.2, 0) is 0 Å². The van der Waals surface area contributed by atoms with Gasteiger partial charge in [0.05, 0.1) is 0 Å². The first-order valence-electron chi connectivity index (χ1n) is 10.7. The molecule has 0 aromatic carbocycles. The zero-order valence-electron chi connectivity index (χ0n) is 16.9. The Balaban J connectivity index is 0.00000243. The minimum absolute atomic E-state index is 0. The lowest BCUT2D eigenvalue weighted by molar-refractivity contribution is 0.187. The molecule has 0 bridgehead atoms. The van der Waals surface area contributed by atoms with Gasteiger partial charge in [-0.25, -0.2) is 0 Å². The molecular formula is C20H40IN5. The van der Waals surface area contributed by atoms with Crippen molar-refractivity contribution < 1.29 is 0 Å². The highest BCUT2D eigenvalue weighted by Gasteiger charge is 2.30. The number of hydrogen-bond acceptors (Lipinski definition) is 3. The van der Waals surface area contributed by atoms with Crippen LogP contribution in [0.2, 0.25) is 0 Å². The Hall–Kier alpha value is -0.0800. The molecule has 152 valence electrons. The average molecular weight is 477 g/mol. The van der Waals surface area contributed by atoms with Gasteiger partial charge in [-0.3, -0.25) is 9.89 Å². The molecule has 0 amide bonds. The van der Waals surface area contributed by atoms with Crippen LogP contribution in [-0.4, -0.2) is 74.2 Å². The summed E-state index contributed by atoms with van der Waals surface area (Å²) in [6.07, 6.45) is 10.9. The molecule has 2 N–H and O–H groups in total. The van der Waals surface area contributed by atoms with Crippen molar-refractivity contribution in [2.75, 3.05) is 46.3 Å². The van der Waals surface area contributed by atoms with Gasteiger partial charge >= 0.3 is 0 Å². The van der Waals surface area contributed by atoms with Gasteiger partial charge in [-0.05, 0) is 64.1 Å². The van der Waals surface area contributed by atoms with Crippen LogP contribution in [0.5, 0.6) is 0 Å². The van der Waals surface area contributed by atoms with E-state index in [1.165, 1.54) is 84.1 Å². The van der Waals surface area contributed by atoms with Crippen LogP contribution in [0.3, 0.4) is 0 Å². The standard InChI is InChI=1S/C20H39N5.HI/c1-3-24-13-9-17(10-14-24)8-12-22-20(21-2)23-18-11-15-25(16-18)19-6-4-5-7-19;/h17-19H,3-16H2,1-2H3,(H2,21,22,23);1H. The largest absolute Gasteiger partial charge is 0.356 e. The third-order valence-electron chi connectivity index (χ3n) is 6.62. The first-order chi connectivity index (χ1) is 12.3. The number of guanidine groups is 1. The van der Waals surface area contributed by atoms with E-state index in [0.29, 0.717) is 6.04 Å². The zero-order valence-corrected chi connectivity index (χ0v) is 19.2. The van der Waals surface area contributed by atoms with Gasteiger partial charge in [0.2, 0.25) is 0 Å².